The van der Waals surface area contributed by atoms with Gasteiger partial charge in [0.1, 0.15) is 5.69 Å². The molecule has 2 fully saturated rings. The van der Waals surface area contributed by atoms with Crippen LogP contribution in [0.4, 0.5) is 24.5 Å². The van der Waals surface area contributed by atoms with Gasteiger partial charge in [0.05, 0.1) is 16.1 Å². The molecular weight excluding hydrogens is 562 g/mol. The Morgan fingerprint density at radius 2 is 1.70 bits per heavy atom. The van der Waals surface area contributed by atoms with Crippen molar-refractivity contribution in [3.05, 3.63) is 63.8 Å². The van der Waals surface area contributed by atoms with Crippen molar-refractivity contribution < 1.29 is 18.0 Å². The number of carbonyl (C=O) groups is 1. The smallest absolute Gasteiger partial charge is 0.371 e. The number of hydrogen-bond donors (Lipinski definition) is 1. The Morgan fingerprint density at radius 3 is 2.35 bits per heavy atom. The summed E-state index contributed by atoms with van der Waals surface area (Å²) in [5.74, 6) is -0.212. The molecule has 0 atom stereocenters. The predicted octanol–water partition coefficient (Wildman–Crippen LogP) is 6.49. The molecule has 1 N–H and O–H groups in total. The number of halogens is 5. The van der Waals surface area contributed by atoms with E-state index in [4.69, 9.17) is 23.2 Å². The fourth-order valence-corrected chi connectivity index (χ4v) is 6.07. The van der Waals surface area contributed by atoms with E-state index in [0.717, 1.165) is 37.9 Å². The number of piperazine rings is 1. The van der Waals surface area contributed by atoms with Crippen LogP contribution in [-0.4, -0.2) is 68.1 Å². The average Bonchev–Trinajstić information content (AvgIpc) is 2.92. The maximum atomic E-state index is 13.6. The fraction of sp³-hybridized carbons (Fsp3) is 0.448. The molecular formula is C29H32Cl2F3N5O. The number of pyridine rings is 1. The van der Waals surface area contributed by atoms with E-state index in [1.54, 1.807) is 25.2 Å². The van der Waals surface area contributed by atoms with Crippen LogP contribution < -0.4 is 15.1 Å². The van der Waals surface area contributed by atoms with Crippen LogP contribution >= 0.6 is 23.2 Å². The van der Waals surface area contributed by atoms with Crippen LogP contribution in [0.5, 0.6) is 0 Å². The van der Waals surface area contributed by atoms with Crippen molar-refractivity contribution in [1.82, 2.24) is 15.2 Å². The first-order chi connectivity index (χ1) is 19.0. The number of alkyl halides is 3. The van der Waals surface area contributed by atoms with Gasteiger partial charge in [0.25, 0.3) is 5.91 Å². The van der Waals surface area contributed by atoms with E-state index in [-0.39, 0.29) is 23.5 Å². The Hall–Kier alpha value is -2.75. The third kappa shape index (κ3) is 6.26. The second kappa shape index (κ2) is 11.6. The van der Waals surface area contributed by atoms with Crippen molar-refractivity contribution >= 4 is 51.4 Å². The minimum absolute atomic E-state index is 0.00489. The Kier molecular flexibility index (Phi) is 8.36. The number of nitrogens with zero attached hydrogens (tertiary/aromatic N) is 4. The summed E-state index contributed by atoms with van der Waals surface area (Å²) in [6, 6.07) is 11.3. The van der Waals surface area contributed by atoms with Crippen LogP contribution in [0.15, 0.2) is 42.5 Å². The van der Waals surface area contributed by atoms with Gasteiger partial charge in [0, 0.05) is 67.1 Å². The summed E-state index contributed by atoms with van der Waals surface area (Å²) in [5.41, 5.74) is 1.22. The molecule has 0 unspecified atom stereocenters. The van der Waals surface area contributed by atoms with E-state index in [1.807, 2.05) is 17.0 Å². The molecule has 0 bridgehead atoms. The molecule has 1 saturated heterocycles. The van der Waals surface area contributed by atoms with Gasteiger partial charge in [-0.05, 0) is 75.2 Å². The lowest BCUT2D eigenvalue weighted by molar-refractivity contribution is -0.140. The highest BCUT2D eigenvalue weighted by Crippen LogP contribution is 2.37. The molecule has 2 aliphatic rings. The van der Waals surface area contributed by atoms with Crippen molar-refractivity contribution in [2.24, 2.45) is 0 Å². The number of nitrogens with one attached hydrogen (secondary N) is 1. The van der Waals surface area contributed by atoms with Gasteiger partial charge in [0.2, 0.25) is 0 Å². The Labute approximate surface area is 242 Å². The summed E-state index contributed by atoms with van der Waals surface area (Å²) in [6.45, 7) is 3.78. The van der Waals surface area contributed by atoms with Crippen molar-refractivity contribution in [3.63, 3.8) is 0 Å². The molecule has 2 aromatic carbocycles. The lowest BCUT2D eigenvalue weighted by Gasteiger charge is -2.37. The van der Waals surface area contributed by atoms with Crippen molar-refractivity contribution in [3.8, 4) is 0 Å². The zero-order chi connectivity index (χ0) is 28.6. The maximum absolute atomic E-state index is 13.6. The van der Waals surface area contributed by atoms with Crippen molar-refractivity contribution in [1.29, 1.82) is 0 Å². The van der Waals surface area contributed by atoms with Gasteiger partial charge in [-0.3, -0.25) is 4.79 Å². The zero-order valence-corrected chi connectivity index (χ0v) is 24.0. The van der Waals surface area contributed by atoms with E-state index >= 15 is 0 Å². The Bertz CT molecular complexity index is 1390. The highest BCUT2D eigenvalue weighted by atomic mass is 35.5. The normalized spacial score (nSPS) is 20.5. The van der Waals surface area contributed by atoms with Crippen LogP contribution in [0, 0.1) is 0 Å². The Balaban J connectivity index is 1.24. The number of amides is 1. The zero-order valence-electron chi connectivity index (χ0n) is 22.4. The third-order valence-electron chi connectivity index (χ3n) is 8.06. The minimum atomic E-state index is -4.56. The number of anilines is 2. The van der Waals surface area contributed by atoms with Crippen LogP contribution in [0.2, 0.25) is 10.0 Å². The van der Waals surface area contributed by atoms with Crippen LogP contribution in [0.1, 0.15) is 41.7 Å². The summed E-state index contributed by atoms with van der Waals surface area (Å²) in [6.07, 6.45) is -1.73. The molecule has 11 heteroatoms. The molecule has 0 spiro atoms. The third-order valence-corrected chi connectivity index (χ3v) is 8.61. The van der Waals surface area contributed by atoms with Gasteiger partial charge in [-0.1, -0.05) is 23.2 Å². The minimum Gasteiger partial charge on any atom is -0.371 e. The lowest BCUT2D eigenvalue weighted by atomic mass is 9.89. The standard InChI is InChI=1S/C29H32Cl2F3N5O/c1-37-11-13-39(14-12-37)21-8-9-22(24(31)16-21)28(40)35-19-4-6-20(7-5-19)38(2)26-17-27(29(32,33)34)36-25-10-3-18(30)15-23(25)26/h3,8-10,15-17,19-20H,4-7,11-14H2,1-2H3,(H,35,40). The quantitative estimate of drug-likeness (QED) is 0.366. The first kappa shape index (κ1) is 28.8. The average molecular weight is 595 g/mol. The molecule has 1 aromatic heterocycles. The van der Waals surface area contributed by atoms with Crippen molar-refractivity contribution in [2.45, 2.75) is 43.9 Å². The fourth-order valence-electron chi connectivity index (χ4n) is 5.63. The molecule has 0 radical (unpaired) electrons. The number of aromatic nitrogens is 1. The second-order valence-corrected chi connectivity index (χ2v) is 11.6. The highest BCUT2D eigenvalue weighted by Gasteiger charge is 2.35. The Morgan fingerprint density at radius 1 is 1.00 bits per heavy atom. The molecule has 1 saturated carbocycles. The van der Waals surface area contributed by atoms with Crippen LogP contribution in [-0.2, 0) is 6.18 Å². The number of hydrogen-bond acceptors (Lipinski definition) is 5. The largest absolute Gasteiger partial charge is 0.433 e. The molecule has 1 amide bonds. The topological polar surface area (TPSA) is 51.7 Å². The van der Waals surface area contributed by atoms with Crippen LogP contribution in [0.25, 0.3) is 10.9 Å². The van der Waals surface area contributed by atoms with Crippen molar-refractivity contribution in [2.75, 3.05) is 50.1 Å². The number of likely N-dealkylation sites (N-methyl/N-ethyl adjacent to an activating group) is 1. The van der Waals surface area contributed by atoms with Gasteiger partial charge >= 0.3 is 6.18 Å². The summed E-state index contributed by atoms with van der Waals surface area (Å²) in [5, 5.41) is 4.54. The number of carbonyl (C=O) groups excluding carboxylic acids is 1. The molecule has 5 rings (SSSR count). The molecule has 1 aliphatic heterocycles. The van der Waals surface area contributed by atoms with Gasteiger partial charge in [-0.15, -0.1) is 0 Å². The van der Waals surface area contributed by atoms with E-state index in [0.29, 0.717) is 52.4 Å². The lowest BCUT2D eigenvalue weighted by Crippen LogP contribution is -2.44. The molecule has 214 valence electrons. The molecule has 2 heterocycles. The molecule has 3 aromatic rings. The first-order valence-electron chi connectivity index (χ1n) is 13.4. The number of benzene rings is 2. The summed E-state index contributed by atoms with van der Waals surface area (Å²) in [7, 11) is 3.91. The highest BCUT2D eigenvalue weighted by molar-refractivity contribution is 6.34. The van der Waals surface area contributed by atoms with E-state index in [1.165, 1.54) is 6.07 Å². The first-order valence-corrected chi connectivity index (χ1v) is 14.2. The maximum Gasteiger partial charge on any atom is 0.433 e. The molecule has 6 nitrogen and oxygen atoms in total. The summed E-state index contributed by atoms with van der Waals surface area (Å²) < 4.78 is 40.8. The van der Waals surface area contributed by atoms with Crippen LogP contribution in [0.3, 0.4) is 0 Å². The van der Waals surface area contributed by atoms with E-state index < -0.39 is 11.9 Å². The van der Waals surface area contributed by atoms with E-state index in [9.17, 15) is 18.0 Å². The number of rotatable bonds is 5. The van der Waals surface area contributed by atoms with Gasteiger partial charge in [0.15, 0.2) is 0 Å². The SMILES string of the molecule is CN1CCN(c2ccc(C(=O)NC3CCC(N(C)c4cc(C(F)(F)F)nc5ccc(Cl)cc45)CC3)c(Cl)c2)CC1. The predicted molar refractivity (Wildman–Crippen MR) is 155 cm³/mol. The molecule has 1 aliphatic carbocycles. The van der Waals surface area contributed by atoms with Gasteiger partial charge in [-0.2, -0.15) is 13.2 Å². The second-order valence-electron chi connectivity index (χ2n) is 10.7. The molecule has 40 heavy (non-hydrogen) atoms. The van der Waals surface area contributed by atoms with Gasteiger partial charge < -0.3 is 20.0 Å². The number of fused-ring (bicyclic) bond motifs is 1. The van der Waals surface area contributed by atoms with Gasteiger partial charge in [-0.25, -0.2) is 4.98 Å². The summed E-state index contributed by atoms with van der Waals surface area (Å²) >= 11 is 12.7. The van der Waals surface area contributed by atoms with E-state index in [2.05, 4.69) is 27.1 Å². The summed E-state index contributed by atoms with van der Waals surface area (Å²) in [4.78, 5) is 23.3. The monoisotopic (exact) mass is 593 g/mol.